The number of nitrogens with zero attached hydrogens (tertiary/aromatic N) is 2. The number of aromatic nitrogens is 2. The number of halogens is 1. The molecule has 3 rings (SSSR count). The van der Waals surface area contributed by atoms with E-state index < -0.39 is 5.41 Å². The molecule has 0 aliphatic heterocycles. The number of ketones is 1. The fourth-order valence-corrected chi connectivity index (χ4v) is 2.92. The van der Waals surface area contributed by atoms with Crippen LogP contribution in [0, 0.1) is 0 Å². The van der Waals surface area contributed by atoms with Crippen LogP contribution in [0.15, 0.2) is 36.5 Å². The number of carbonyl (C=O) groups is 1. The summed E-state index contributed by atoms with van der Waals surface area (Å²) >= 11 is 6.20. The fourth-order valence-electron chi connectivity index (χ4n) is 2.70. The van der Waals surface area contributed by atoms with E-state index in [1.807, 2.05) is 44.2 Å². The average molecular weight is 289 g/mol. The molecule has 0 saturated heterocycles. The lowest BCUT2D eigenvalue weighted by atomic mass is 9.89. The minimum Gasteiger partial charge on any atom is -0.291 e. The van der Waals surface area contributed by atoms with Gasteiger partial charge >= 0.3 is 0 Å². The molecule has 20 heavy (non-hydrogen) atoms. The lowest BCUT2D eigenvalue weighted by molar-refractivity contribution is 0.0933. The monoisotopic (exact) mass is 288 g/mol. The van der Waals surface area contributed by atoms with Crippen molar-refractivity contribution in [2.75, 3.05) is 0 Å². The smallest absolute Gasteiger partial charge is 0.192 e. The zero-order valence-corrected chi connectivity index (χ0v) is 12.4. The Morgan fingerprint density at radius 3 is 2.50 bits per heavy atom. The Labute approximate surface area is 123 Å². The van der Waals surface area contributed by atoms with Crippen molar-refractivity contribution in [2.45, 2.75) is 38.1 Å². The highest BCUT2D eigenvalue weighted by molar-refractivity contribution is 6.34. The summed E-state index contributed by atoms with van der Waals surface area (Å²) in [5, 5.41) is 4.69. The Morgan fingerprint density at radius 1 is 1.30 bits per heavy atom. The summed E-state index contributed by atoms with van der Waals surface area (Å²) in [6, 6.07) is 10.1. The predicted octanol–water partition coefficient (Wildman–Crippen LogP) is 4.03. The molecule has 0 N–H and O–H groups in total. The van der Waals surface area contributed by atoms with Crippen LogP contribution in [0.25, 0.3) is 0 Å². The van der Waals surface area contributed by atoms with Gasteiger partial charge in [0.15, 0.2) is 5.78 Å². The van der Waals surface area contributed by atoms with Crippen molar-refractivity contribution in [3.8, 4) is 0 Å². The van der Waals surface area contributed by atoms with E-state index in [1.54, 1.807) is 10.9 Å². The molecular formula is C16H17ClN2O. The molecular weight excluding hydrogens is 272 g/mol. The third-order valence-corrected chi connectivity index (χ3v) is 4.24. The summed E-state index contributed by atoms with van der Waals surface area (Å²) in [6.45, 7) is 4.00. The molecule has 1 aliphatic carbocycles. The standard InChI is InChI=1S/C16H17ClN2O/c1-11(2)19-14(13(17)10-18-19)15(20)16(8-9-16)12-6-4-3-5-7-12/h3-7,10-11H,8-9H2,1-2H3. The van der Waals surface area contributed by atoms with Gasteiger partial charge in [-0.15, -0.1) is 0 Å². The molecule has 4 heteroatoms. The number of hydrogen-bond acceptors (Lipinski definition) is 2. The Bertz CT molecular complexity index is 642. The predicted molar refractivity (Wildman–Crippen MR) is 79.3 cm³/mol. The quantitative estimate of drug-likeness (QED) is 0.796. The fraction of sp³-hybridized carbons (Fsp3) is 0.375. The van der Waals surface area contributed by atoms with E-state index in [0.717, 1.165) is 18.4 Å². The van der Waals surface area contributed by atoms with Crippen LogP contribution in [0.1, 0.15) is 48.8 Å². The molecule has 1 aromatic carbocycles. The van der Waals surface area contributed by atoms with Crippen molar-refractivity contribution in [2.24, 2.45) is 0 Å². The van der Waals surface area contributed by atoms with E-state index in [0.29, 0.717) is 10.7 Å². The Morgan fingerprint density at radius 2 is 1.95 bits per heavy atom. The molecule has 2 aromatic rings. The zero-order valence-electron chi connectivity index (χ0n) is 11.6. The second-order valence-electron chi connectivity index (χ2n) is 5.66. The van der Waals surface area contributed by atoms with Crippen molar-refractivity contribution < 1.29 is 4.79 Å². The van der Waals surface area contributed by atoms with Gasteiger partial charge in [-0.05, 0) is 32.3 Å². The number of Topliss-reactive ketones (excluding diaryl/α,β-unsaturated/α-hetero) is 1. The van der Waals surface area contributed by atoms with Crippen LogP contribution in [0.2, 0.25) is 5.02 Å². The number of benzene rings is 1. The molecule has 0 bridgehead atoms. The van der Waals surface area contributed by atoms with E-state index >= 15 is 0 Å². The van der Waals surface area contributed by atoms with Crippen LogP contribution in [-0.4, -0.2) is 15.6 Å². The first-order valence-electron chi connectivity index (χ1n) is 6.89. The summed E-state index contributed by atoms with van der Waals surface area (Å²) < 4.78 is 1.73. The molecule has 0 spiro atoms. The SMILES string of the molecule is CC(C)n1ncc(Cl)c1C(=O)C1(c2ccccc2)CC1. The number of hydrogen-bond donors (Lipinski definition) is 0. The zero-order chi connectivity index (χ0) is 14.3. The Kier molecular flexibility index (Phi) is 3.17. The maximum absolute atomic E-state index is 13.0. The first-order chi connectivity index (χ1) is 9.56. The van der Waals surface area contributed by atoms with E-state index in [9.17, 15) is 4.79 Å². The Hall–Kier alpha value is -1.61. The van der Waals surface area contributed by atoms with Crippen molar-refractivity contribution in [3.63, 3.8) is 0 Å². The van der Waals surface area contributed by atoms with Gasteiger partial charge in [0.2, 0.25) is 0 Å². The molecule has 1 fully saturated rings. The minimum absolute atomic E-state index is 0.0971. The van der Waals surface area contributed by atoms with Gasteiger partial charge in [0.05, 0.1) is 16.6 Å². The van der Waals surface area contributed by atoms with Crippen molar-refractivity contribution in [1.29, 1.82) is 0 Å². The van der Waals surface area contributed by atoms with E-state index in [-0.39, 0.29) is 11.8 Å². The molecule has 0 radical (unpaired) electrons. The maximum Gasteiger partial charge on any atom is 0.192 e. The molecule has 104 valence electrons. The number of rotatable bonds is 4. The lowest BCUT2D eigenvalue weighted by Gasteiger charge is -2.17. The largest absolute Gasteiger partial charge is 0.291 e. The summed E-state index contributed by atoms with van der Waals surface area (Å²) in [4.78, 5) is 13.0. The van der Waals surface area contributed by atoms with Gasteiger partial charge in [0, 0.05) is 6.04 Å². The van der Waals surface area contributed by atoms with Gasteiger partial charge in [0.1, 0.15) is 5.69 Å². The van der Waals surface area contributed by atoms with Gasteiger partial charge in [-0.25, -0.2) is 0 Å². The molecule has 0 amide bonds. The average Bonchev–Trinajstić information content (AvgIpc) is 3.17. The van der Waals surface area contributed by atoms with E-state index in [1.165, 1.54) is 0 Å². The highest BCUT2D eigenvalue weighted by Crippen LogP contribution is 2.51. The molecule has 0 unspecified atom stereocenters. The summed E-state index contributed by atoms with van der Waals surface area (Å²) in [6.07, 6.45) is 3.33. The normalized spacial score (nSPS) is 16.4. The van der Waals surface area contributed by atoms with Gasteiger partial charge < -0.3 is 0 Å². The summed E-state index contributed by atoms with van der Waals surface area (Å²) in [5.41, 5.74) is 1.23. The summed E-state index contributed by atoms with van der Waals surface area (Å²) in [5.74, 6) is 0.0971. The minimum atomic E-state index is -0.391. The molecule has 1 aromatic heterocycles. The molecule has 1 heterocycles. The second-order valence-corrected chi connectivity index (χ2v) is 6.06. The van der Waals surface area contributed by atoms with E-state index in [2.05, 4.69) is 5.10 Å². The first kappa shape index (κ1) is 13.4. The van der Waals surface area contributed by atoms with Crippen LogP contribution in [-0.2, 0) is 5.41 Å². The van der Waals surface area contributed by atoms with Crippen LogP contribution >= 0.6 is 11.6 Å². The maximum atomic E-state index is 13.0. The first-order valence-corrected chi connectivity index (χ1v) is 7.27. The topological polar surface area (TPSA) is 34.9 Å². The van der Waals surface area contributed by atoms with Gasteiger partial charge in [-0.3, -0.25) is 9.48 Å². The van der Waals surface area contributed by atoms with Crippen molar-refractivity contribution in [1.82, 2.24) is 9.78 Å². The van der Waals surface area contributed by atoms with Gasteiger partial charge in [0.25, 0.3) is 0 Å². The third-order valence-electron chi connectivity index (χ3n) is 3.97. The van der Waals surface area contributed by atoms with Crippen LogP contribution < -0.4 is 0 Å². The van der Waals surface area contributed by atoms with Crippen LogP contribution in [0.3, 0.4) is 0 Å². The molecule has 1 saturated carbocycles. The van der Waals surface area contributed by atoms with Gasteiger partial charge in [-0.1, -0.05) is 41.9 Å². The van der Waals surface area contributed by atoms with Crippen molar-refractivity contribution >= 4 is 17.4 Å². The highest BCUT2D eigenvalue weighted by atomic mass is 35.5. The van der Waals surface area contributed by atoms with Crippen molar-refractivity contribution in [3.05, 3.63) is 52.8 Å². The highest BCUT2D eigenvalue weighted by Gasteiger charge is 2.52. The third kappa shape index (κ3) is 1.97. The molecule has 3 nitrogen and oxygen atoms in total. The van der Waals surface area contributed by atoms with E-state index in [4.69, 9.17) is 11.6 Å². The van der Waals surface area contributed by atoms with Gasteiger partial charge in [-0.2, -0.15) is 5.10 Å². The molecule has 0 atom stereocenters. The summed E-state index contributed by atoms with van der Waals surface area (Å²) in [7, 11) is 0. The molecule has 1 aliphatic rings. The Balaban J connectivity index is 2.04. The second kappa shape index (κ2) is 4.74. The van der Waals surface area contributed by atoms with Crippen LogP contribution in [0.4, 0.5) is 0 Å². The van der Waals surface area contributed by atoms with Crippen LogP contribution in [0.5, 0.6) is 0 Å². The lowest BCUT2D eigenvalue weighted by Crippen LogP contribution is -2.25. The number of carbonyl (C=O) groups excluding carboxylic acids is 1.